The molecule has 13 atom stereocenters. The lowest BCUT2D eigenvalue weighted by molar-refractivity contribution is -0.121. The Kier molecular flexibility index (Phi) is 19.3. The number of halogens is 1. The molecule has 0 saturated carbocycles. The molecule has 1 heterocycles. The van der Waals surface area contributed by atoms with Crippen molar-refractivity contribution in [1.82, 2.24) is 5.43 Å². The first-order valence-electron chi connectivity index (χ1n) is 8.76. The van der Waals surface area contributed by atoms with Crippen molar-refractivity contribution in [3.63, 3.8) is 0 Å². The molecule has 1 aromatic rings. The minimum Gasteiger partial charge on any atom is -0.273 e. The monoisotopic (exact) mass is 722 g/mol. The molecule has 0 radical (unpaired) electrons. The lowest BCUT2D eigenvalue weighted by atomic mass is 9.94. The Morgan fingerprint density at radius 3 is 2.00 bits per heavy atom. The minimum absolute atomic E-state index is 0.00206. The smallest absolute Gasteiger partial charge is 0.240 e. The van der Waals surface area contributed by atoms with Crippen LogP contribution in [0.5, 0.6) is 0 Å². The fraction of sp³-hybridized carbons (Fsp3) is 0.273. The molecule has 0 bridgehead atoms. The highest BCUT2D eigenvalue weighted by atomic mass is 33.3. The Morgan fingerprint density at radius 2 is 1.58 bits per heavy atom. The molecule has 31 heavy (non-hydrogen) atoms. The molecule has 1 aliphatic heterocycles. The van der Waals surface area contributed by atoms with E-state index in [0.717, 1.165) is 19.2 Å². The Labute approximate surface area is 215 Å². The molecule has 1 aromatic carbocycles. The number of rotatable bonds is 8. The lowest BCUT2D eigenvalue weighted by Crippen LogP contribution is -2.31. The quantitative estimate of drug-likeness (QED) is 0.267. The van der Waals surface area contributed by atoms with E-state index in [1.54, 1.807) is 12.1 Å². The van der Waals surface area contributed by atoms with E-state index in [4.69, 9.17) is 1.28 Å². The highest BCUT2D eigenvalue weighted by molar-refractivity contribution is 9.23. The summed E-state index contributed by atoms with van der Waals surface area (Å²) in [6, 6.07) is 6.12. The van der Waals surface area contributed by atoms with Crippen molar-refractivity contribution in [3.8, 4) is 0 Å². The fourth-order valence-electron chi connectivity index (χ4n) is 2.16. The first kappa shape index (κ1) is 32.4. The maximum absolute atomic E-state index is 12.7. The molecule has 0 fully saturated rings. The summed E-state index contributed by atoms with van der Waals surface area (Å²) in [6.07, 6.45) is 0.427. The Hall–Kier alpha value is 5.17. The van der Waals surface area contributed by atoms with E-state index >= 15 is 0 Å². The van der Waals surface area contributed by atoms with Crippen LogP contribution in [0, 0.1) is 11.7 Å². The molecular weight excluding hydrogens is 691 g/mol. The van der Waals surface area contributed by atoms with Crippen molar-refractivity contribution in [3.05, 3.63) is 35.6 Å². The van der Waals surface area contributed by atoms with E-state index in [9.17, 15) is 9.18 Å². The van der Waals surface area contributed by atoms with E-state index in [2.05, 4.69) is 82.0 Å². The van der Waals surface area contributed by atoms with Crippen LogP contribution in [0.15, 0.2) is 29.4 Å². The standard InChI is InChI=1S/C11H11FN2O.H18P16/c1-7-6-10(15)13-14-11(7)8-2-4-9(12)5-3-8;1-9-14(8)16(13(6)7)10-15(11(2)3)12(4)5/h2-5,7H,6H2,1H3,(H,13,15);9-10H,1-8H2/t7-;/m1./s1/i;10T. The molecular formula is C11H29FN2OP16. The van der Waals surface area contributed by atoms with E-state index in [0.29, 0.717) is 6.42 Å². The number of carbonyl (C=O) groups is 1. The molecule has 12 unspecified atom stereocenters. The summed E-state index contributed by atoms with van der Waals surface area (Å²) in [5.74, 6) is -0.274. The summed E-state index contributed by atoms with van der Waals surface area (Å²) in [7, 11) is 24.3. The van der Waals surface area contributed by atoms with Crippen LogP contribution in [-0.2, 0) is 4.79 Å². The normalized spacial score (nSPS) is 20.5. The zero-order chi connectivity index (χ0) is 24.6. The summed E-state index contributed by atoms with van der Waals surface area (Å²) in [5, 5.41) is 3.99. The van der Waals surface area contributed by atoms with Gasteiger partial charge in [-0.2, -0.15) is 5.10 Å². The zero-order valence-electron chi connectivity index (χ0n) is 17.6. The maximum atomic E-state index is 12.7. The fourth-order valence-corrected chi connectivity index (χ4v) is 132. The van der Waals surface area contributed by atoms with Crippen LogP contribution >= 0.6 is 129 Å². The Bertz CT molecular complexity index is 748. The van der Waals surface area contributed by atoms with Gasteiger partial charge < -0.3 is 0 Å². The van der Waals surface area contributed by atoms with Crippen LogP contribution in [-0.4, -0.2) is 12.9 Å². The number of carbonyl (C=O) groups excluding carboxylic acids is 1. The van der Waals surface area contributed by atoms with Crippen LogP contribution in [0.4, 0.5) is 4.39 Å². The third-order valence-electron chi connectivity index (χ3n) is 3.50. The SMILES string of the molecule is C[C@@H]1CC(=O)NN=C1c1ccc(F)cc1.[3H]P(P(P(P)P)P(P)P)P(P(P)P)P(P)PP. The van der Waals surface area contributed by atoms with Crippen LogP contribution < -0.4 is 5.43 Å². The third kappa shape index (κ3) is 13.2. The number of nitrogens with zero attached hydrogens (tertiary/aromatic N) is 1. The van der Waals surface area contributed by atoms with E-state index in [1.165, 1.54) is 12.1 Å². The van der Waals surface area contributed by atoms with Crippen LogP contribution in [0.3, 0.4) is 0 Å². The molecule has 1 N–H and O–H groups in total. The number of hydrazone groups is 1. The molecule has 0 spiro atoms. The van der Waals surface area contributed by atoms with Gasteiger partial charge in [-0.05, 0) is 67.5 Å². The van der Waals surface area contributed by atoms with Crippen LogP contribution in [0.1, 0.15) is 18.9 Å². The molecule has 0 saturated heterocycles. The van der Waals surface area contributed by atoms with Crippen LogP contribution in [0.2, 0.25) is 0 Å². The molecule has 0 aliphatic carbocycles. The van der Waals surface area contributed by atoms with Gasteiger partial charge in [0.1, 0.15) is 5.82 Å². The summed E-state index contributed by atoms with van der Waals surface area (Å²) in [5.41, 5.74) is 4.08. The second-order valence-corrected chi connectivity index (χ2v) is 64.1. The number of benzene rings is 1. The van der Waals surface area contributed by atoms with E-state index in [-0.39, 0.29) is 59.6 Å². The van der Waals surface area contributed by atoms with Gasteiger partial charge in [-0.15, -0.1) is 71.4 Å². The molecule has 1 amide bonds. The predicted molar refractivity (Wildman–Crippen MR) is 191 cm³/mol. The first-order valence-corrected chi connectivity index (χ1v) is 36.5. The topological polar surface area (TPSA) is 41.5 Å². The average molecular weight is 722 g/mol. The van der Waals surface area contributed by atoms with Gasteiger partial charge >= 0.3 is 0 Å². The van der Waals surface area contributed by atoms with Crippen molar-refractivity contribution in [1.29, 1.82) is 1.28 Å². The van der Waals surface area contributed by atoms with Crippen molar-refractivity contribution < 1.29 is 9.18 Å². The number of amides is 1. The molecule has 176 valence electrons. The predicted octanol–water partition coefficient (Wildman–Crippen LogP) is 10.6. The summed E-state index contributed by atoms with van der Waals surface area (Å²) in [6.45, 7) is 1.43. The lowest BCUT2D eigenvalue weighted by Gasteiger charge is -2.33. The third-order valence-corrected chi connectivity index (χ3v) is 91.9. The van der Waals surface area contributed by atoms with Gasteiger partial charge in [0.15, 0.2) is 0 Å². The zero-order valence-corrected chi connectivity index (χ0v) is 33.1. The summed E-state index contributed by atoms with van der Waals surface area (Å²) >= 11 is 0. The van der Waals surface area contributed by atoms with Gasteiger partial charge in [-0.3, -0.25) is 4.79 Å². The average Bonchev–Trinajstić information content (AvgIpc) is 2.68. The van der Waals surface area contributed by atoms with Crippen molar-refractivity contribution in [2.24, 2.45) is 11.0 Å². The van der Waals surface area contributed by atoms with Crippen LogP contribution in [0.25, 0.3) is 0 Å². The molecule has 1 aliphatic rings. The summed E-state index contributed by atoms with van der Waals surface area (Å²) < 4.78 is 21.5. The Morgan fingerprint density at radius 1 is 1.06 bits per heavy atom. The largest absolute Gasteiger partial charge is 0.273 e. The Balaban J connectivity index is 0.000000321. The summed E-state index contributed by atoms with van der Waals surface area (Å²) in [4.78, 5) is 11.0. The highest BCUT2D eigenvalue weighted by Crippen LogP contribution is 3.17. The van der Waals surface area contributed by atoms with Gasteiger partial charge in [0, 0.05) is 12.3 Å². The van der Waals surface area contributed by atoms with E-state index in [1.807, 2.05) is 6.92 Å². The molecule has 2 rings (SSSR count). The van der Waals surface area contributed by atoms with Gasteiger partial charge in [0.2, 0.25) is 5.91 Å². The maximum Gasteiger partial charge on any atom is 0.240 e. The van der Waals surface area contributed by atoms with Gasteiger partial charge in [0.25, 0.3) is 0 Å². The first-order chi connectivity index (χ1) is 14.9. The second kappa shape index (κ2) is 18.5. The second-order valence-electron chi connectivity index (χ2n) is 5.88. The highest BCUT2D eigenvalue weighted by Gasteiger charge is 2.27. The van der Waals surface area contributed by atoms with Crippen molar-refractivity contribution in [2.75, 3.05) is 0 Å². The number of hydrogen-bond acceptors (Lipinski definition) is 2. The van der Waals surface area contributed by atoms with Gasteiger partial charge in [0.05, 0.1) is 6.99 Å². The van der Waals surface area contributed by atoms with Crippen molar-refractivity contribution >= 4 is 141 Å². The molecule has 3 nitrogen and oxygen atoms in total. The number of hydrogen-bond donors (Lipinski definition) is 1. The molecule has 20 heteroatoms. The number of nitrogens with one attached hydrogen (secondary N) is 1. The minimum atomic E-state index is -0.528. The van der Waals surface area contributed by atoms with Gasteiger partial charge in [-0.1, -0.05) is 27.0 Å². The van der Waals surface area contributed by atoms with Gasteiger partial charge in [-0.25, -0.2) is 9.82 Å². The van der Waals surface area contributed by atoms with E-state index < -0.39 is 7.90 Å². The van der Waals surface area contributed by atoms with Crippen molar-refractivity contribution in [2.45, 2.75) is 13.3 Å². The molecule has 0 aromatic heterocycles.